The van der Waals surface area contributed by atoms with E-state index in [0.717, 1.165) is 6.42 Å². The van der Waals surface area contributed by atoms with Crippen molar-refractivity contribution in [1.82, 2.24) is 0 Å². The minimum absolute atomic E-state index is 1.09. The molecule has 0 spiro atoms. The second-order valence-electron chi connectivity index (χ2n) is 3.50. The topological polar surface area (TPSA) is 26.0 Å². The summed E-state index contributed by atoms with van der Waals surface area (Å²) in [6, 6.07) is 0. The molecule has 0 heterocycles. The fourth-order valence-corrected chi connectivity index (χ4v) is 1.40. The summed E-state index contributed by atoms with van der Waals surface area (Å²) in [6.07, 6.45) is 12.2. The highest BCUT2D eigenvalue weighted by Crippen LogP contribution is 2.09. The lowest BCUT2D eigenvalue weighted by molar-refractivity contribution is 0.574. The van der Waals surface area contributed by atoms with E-state index in [2.05, 4.69) is 6.92 Å². The lowest BCUT2D eigenvalue weighted by Crippen LogP contribution is -1.89. The van der Waals surface area contributed by atoms with Crippen molar-refractivity contribution in [2.45, 2.75) is 64.7 Å². The van der Waals surface area contributed by atoms with Crippen LogP contribution in [0.1, 0.15) is 64.7 Å². The molecule has 0 unspecified atom stereocenters. The quantitative estimate of drug-likeness (QED) is 0.525. The van der Waals surface area contributed by atoms with Crippen molar-refractivity contribution in [1.29, 1.82) is 0 Å². The Bertz CT molecular complexity index is 61.4. The van der Waals surface area contributed by atoms with E-state index in [1.807, 2.05) is 0 Å². The lowest BCUT2D eigenvalue weighted by atomic mass is 10.1. The van der Waals surface area contributed by atoms with Crippen LogP contribution >= 0.6 is 0 Å². The van der Waals surface area contributed by atoms with Gasteiger partial charge in [0.2, 0.25) is 0 Å². The van der Waals surface area contributed by atoms with Crippen molar-refractivity contribution in [3.63, 3.8) is 0 Å². The molecule has 0 aromatic rings. The smallest absolute Gasteiger partial charge is 0.0192 e. The summed E-state index contributed by atoms with van der Waals surface area (Å²) < 4.78 is 0. The van der Waals surface area contributed by atoms with Crippen LogP contribution < -0.4 is 5.73 Å². The predicted molar refractivity (Wildman–Crippen MR) is 55.7 cm³/mol. The van der Waals surface area contributed by atoms with Gasteiger partial charge in [-0.3, -0.25) is 0 Å². The van der Waals surface area contributed by atoms with E-state index in [1.54, 1.807) is 6.54 Å². The van der Waals surface area contributed by atoms with Crippen molar-refractivity contribution in [2.75, 3.05) is 0 Å². The Balaban J connectivity index is 2.73. The standard InChI is InChI=1S/C11H24N/c1-2-3-4-5-6-7-8-9-10-11-12/h11H,2-10,12H2,1H3. The Morgan fingerprint density at radius 2 is 1.33 bits per heavy atom. The number of hydrogen-bond acceptors (Lipinski definition) is 1. The molecule has 1 heteroatoms. The first-order valence-corrected chi connectivity index (χ1v) is 5.45. The van der Waals surface area contributed by atoms with E-state index in [-0.39, 0.29) is 0 Å². The van der Waals surface area contributed by atoms with Gasteiger partial charge in [-0.25, -0.2) is 0 Å². The molecule has 0 saturated carbocycles. The zero-order chi connectivity index (χ0) is 9.07. The van der Waals surface area contributed by atoms with Gasteiger partial charge in [-0.15, -0.1) is 0 Å². The maximum absolute atomic E-state index is 5.28. The summed E-state index contributed by atoms with van der Waals surface area (Å²) in [4.78, 5) is 0. The summed E-state index contributed by atoms with van der Waals surface area (Å²) in [6.45, 7) is 4.04. The molecule has 0 aliphatic heterocycles. The van der Waals surface area contributed by atoms with Gasteiger partial charge in [0, 0.05) is 6.54 Å². The van der Waals surface area contributed by atoms with Crippen molar-refractivity contribution >= 4 is 0 Å². The van der Waals surface area contributed by atoms with Crippen molar-refractivity contribution < 1.29 is 0 Å². The highest BCUT2D eigenvalue weighted by atomic mass is 14.5. The number of rotatable bonds is 9. The van der Waals surface area contributed by atoms with Crippen LogP contribution in [0.25, 0.3) is 0 Å². The molecule has 0 atom stereocenters. The van der Waals surface area contributed by atoms with Crippen molar-refractivity contribution in [3.8, 4) is 0 Å². The normalized spacial score (nSPS) is 10.5. The first-order chi connectivity index (χ1) is 5.91. The van der Waals surface area contributed by atoms with Gasteiger partial charge < -0.3 is 5.73 Å². The molecule has 0 amide bonds. The molecule has 12 heavy (non-hydrogen) atoms. The van der Waals surface area contributed by atoms with Gasteiger partial charge in [0.05, 0.1) is 0 Å². The maximum atomic E-state index is 5.28. The van der Waals surface area contributed by atoms with E-state index in [0.29, 0.717) is 0 Å². The monoisotopic (exact) mass is 170 g/mol. The second-order valence-corrected chi connectivity index (χ2v) is 3.50. The molecule has 73 valence electrons. The summed E-state index contributed by atoms with van der Waals surface area (Å²) in [5.41, 5.74) is 5.28. The van der Waals surface area contributed by atoms with Crippen LogP contribution in [0.2, 0.25) is 0 Å². The summed E-state index contributed by atoms with van der Waals surface area (Å²) in [5, 5.41) is 0. The van der Waals surface area contributed by atoms with Gasteiger partial charge in [0.1, 0.15) is 0 Å². The van der Waals surface area contributed by atoms with Crippen LogP contribution in [0.4, 0.5) is 0 Å². The van der Waals surface area contributed by atoms with Gasteiger partial charge in [0.25, 0.3) is 0 Å². The molecule has 1 radical (unpaired) electrons. The third-order valence-corrected chi connectivity index (χ3v) is 2.22. The Kier molecular flexibility index (Phi) is 10.9. The zero-order valence-electron chi connectivity index (χ0n) is 8.52. The lowest BCUT2D eigenvalue weighted by Gasteiger charge is -1.99. The Morgan fingerprint density at radius 1 is 0.833 bits per heavy atom. The molecule has 0 aromatic heterocycles. The minimum Gasteiger partial charge on any atom is -0.326 e. The molecule has 0 fully saturated rings. The largest absolute Gasteiger partial charge is 0.326 e. The molecule has 2 N–H and O–H groups in total. The zero-order valence-corrected chi connectivity index (χ0v) is 8.52. The molecule has 0 saturated heterocycles. The fourth-order valence-electron chi connectivity index (χ4n) is 1.40. The van der Waals surface area contributed by atoms with Crippen LogP contribution in [0, 0.1) is 6.54 Å². The third-order valence-electron chi connectivity index (χ3n) is 2.22. The van der Waals surface area contributed by atoms with E-state index >= 15 is 0 Å². The first-order valence-electron chi connectivity index (χ1n) is 5.45. The molecule has 1 nitrogen and oxygen atoms in total. The molecular formula is C11H24N. The molecule has 0 aromatic carbocycles. The highest BCUT2D eigenvalue weighted by Gasteiger charge is 1.90. The van der Waals surface area contributed by atoms with E-state index < -0.39 is 0 Å². The Hall–Kier alpha value is -0.0400. The maximum Gasteiger partial charge on any atom is 0.0192 e. The van der Waals surface area contributed by atoms with Gasteiger partial charge in [0.15, 0.2) is 0 Å². The van der Waals surface area contributed by atoms with Crippen LogP contribution in [-0.2, 0) is 0 Å². The summed E-state index contributed by atoms with van der Waals surface area (Å²) in [5.74, 6) is 0. The highest BCUT2D eigenvalue weighted by molar-refractivity contribution is 4.53. The minimum atomic E-state index is 1.09. The van der Waals surface area contributed by atoms with Gasteiger partial charge in [-0.05, 0) is 6.42 Å². The van der Waals surface area contributed by atoms with E-state index in [4.69, 9.17) is 5.73 Å². The van der Waals surface area contributed by atoms with Crippen molar-refractivity contribution in [3.05, 3.63) is 6.54 Å². The third kappa shape index (κ3) is 9.96. The SMILES string of the molecule is CCCCCCCCCC[CH]N. The van der Waals surface area contributed by atoms with E-state index in [1.165, 1.54) is 51.4 Å². The van der Waals surface area contributed by atoms with Gasteiger partial charge in [-0.1, -0.05) is 58.3 Å². The Labute approximate surface area is 77.7 Å². The predicted octanol–water partition coefficient (Wildman–Crippen LogP) is 3.64. The van der Waals surface area contributed by atoms with Crippen LogP contribution in [-0.4, -0.2) is 0 Å². The Morgan fingerprint density at radius 3 is 1.83 bits per heavy atom. The van der Waals surface area contributed by atoms with Gasteiger partial charge in [-0.2, -0.15) is 0 Å². The summed E-state index contributed by atoms with van der Waals surface area (Å²) >= 11 is 0. The molecule has 0 aliphatic rings. The van der Waals surface area contributed by atoms with Crippen molar-refractivity contribution in [2.24, 2.45) is 5.73 Å². The van der Waals surface area contributed by atoms with Crippen LogP contribution in [0.15, 0.2) is 0 Å². The molecular weight excluding hydrogens is 146 g/mol. The van der Waals surface area contributed by atoms with Gasteiger partial charge >= 0.3 is 0 Å². The summed E-state index contributed by atoms with van der Waals surface area (Å²) in [7, 11) is 0. The molecule has 0 aliphatic carbocycles. The number of hydrogen-bond donors (Lipinski definition) is 1. The average molecular weight is 170 g/mol. The molecule has 0 rings (SSSR count). The average Bonchev–Trinajstić information content (AvgIpc) is 2.10. The first kappa shape index (κ1) is 12.0. The van der Waals surface area contributed by atoms with E-state index in [9.17, 15) is 0 Å². The molecule has 0 bridgehead atoms. The van der Waals surface area contributed by atoms with Crippen LogP contribution in [0.3, 0.4) is 0 Å². The van der Waals surface area contributed by atoms with Crippen LogP contribution in [0.5, 0.6) is 0 Å². The fraction of sp³-hybridized carbons (Fsp3) is 0.909. The number of unbranched alkanes of at least 4 members (excludes halogenated alkanes) is 8. The number of nitrogens with two attached hydrogens (primary N) is 1. The second kappa shape index (κ2) is 11.0.